The van der Waals surface area contributed by atoms with Crippen molar-refractivity contribution in [2.75, 3.05) is 6.54 Å². The van der Waals surface area contributed by atoms with Crippen molar-refractivity contribution in [1.29, 1.82) is 0 Å². The number of nitrogens with zero attached hydrogens (tertiary/aromatic N) is 3. The standard InChI is InChI=1S/C43H37N3/c1-3-12-30(13-4-1)31-21-24-34(25-22-31)45-39-18-8-7-16-35(39)38-29-33(23-26-42(38)45)32-14-11-19-41-37(28-32)36-15-5-2-6-17-40(36)46(41)43-20-9-10-27-44-43/h2-3,5-7,9,11-13,16-17,19-26,28-29H,1,4,8,10,14-15,18,27H2. The Morgan fingerprint density at radius 1 is 0.630 bits per heavy atom. The normalized spacial score (nSPS) is 18.0. The van der Waals surface area contributed by atoms with Crippen molar-refractivity contribution in [2.24, 2.45) is 4.99 Å². The van der Waals surface area contributed by atoms with E-state index in [0.717, 1.165) is 57.3 Å². The molecule has 0 unspecified atom stereocenters. The minimum atomic E-state index is 0.846. The van der Waals surface area contributed by atoms with Crippen molar-refractivity contribution in [2.45, 2.75) is 44.9 Å². The van der Waals surface area contributed by atoms with E-state index in [4.69, 9.17) is 4.99 Å². The number of hydrogen-bond acceptors (Lipinski definition) is 1. The molecule has 4 aromatic rings. The van der Waals surface area contributed by atoms with Crippen LogP contribution in [-0.2, 0) is 12.8 Å². The Morgan fingerprint density at radius 3 is 2.39 bits per heavy atom. The summed E-state index contributed by atoms with van der Waals surface area (Å²) in [4.78, 5) is 4.93. The molecular weight excluding hydrogens is 558 g/mol. The second kappa shape index (κ2) is 11.3. The highest BCUT2D eigenvalue weighted by Gasteiger charge is 2.24. The minimum Gasteiger partial charge on any atom is -0.313 e. The largest absolute Gasteiger partial charge is 0.313 e. The summed E-state index contributed by atoms with van der Waals surface area (Å²) in [5.74, 6) is 1.04. The topological polar surface area (TPSA) is 22.2 Å². The molecule has 0 N–H and O–H groups in total. The lowest BCUT2D eigenvalue weighted by atomic mass is 9.96. The second-order valence-electron chi connectivity index (χ2n) is 12.8. The summed E-state index contributed by atoms with van der Waals surface area (Å²) in [6.45, 7) is 0.846. The minimum absolute atomic E-state index is 0.846. The van der Waals surface area contributed by atoms with Gasteiger partial charge in [0.25, 0.3) is 0 Å². The van der Waals surface area contributed by atoms with Gasteiger partial charge in [-0.1, -0.05) is 79.0 Å². The number of rotatable bonds is 3. The van der Waals surface area contributed by atoms with Gasteiger partial charge in [-0.3, -0.25) is 9.56 Å². The predicted octanol–water partition coefficient (Wildman–Crippen LogP) is 10.4. The fourth-order valence-electron chi connectivity index (χ4n) is 7.77. The fourth-order valence-corrected chi connectivity index (χ4v) is 7.77. The molecule has 0 atom stereocenters. The number of hydrogen-bond donors (Lipinski definition) is 0. The first-order valence-electron chi connectivity index (χ1n) is 16.8. The van der Waals surface area contributed by atoms with Crippen molar-refractivity contribution < 1.29 is 0 Å². The molecule has 9 rings (SSSR count). The molecule has 0 bridgehead atoms. The third-order valence-corrected chi connectivity index (χ3v) is 9.98. The predicted molar refractivity (Wildman–Crippen MR) is 196 cm³/mol. The van der Waals surface area contributed by atoms with Crippen LogP contribution < -0.4 is 0 Å². The Balaban J connectivity index is 1.16. The van der Waals surface area contributed by atoms with Gasteiger partial charge in [0.05, 0.1) is 16.9 Å². The molecular formula is C43H37N3. The SMILES string of the molecule is C1=CCc2c3c(n(C4=NCCC=C4)c2C=C1)C=CCC(c1ccc2c(c1)c1c(n2-c2ccc(C4=CCCC=C4)cc2)CCC=C1)=C3. The van der Waals surface area contributed by atoms with Crippen LogP contribution in [0.1, 0.15) is 77.0 Å². The van der Waals surface area contributed by atoms with E-state index in [-0.39, 0.29) is 0 Å². The van der Waals surface area contributed by atoms with E-state index in [9.17, 15) is 0 Å². The van der Waals surface area contributed by atoms with E-state index in [1.165, 1.54) is 72.6 Å². The van der Waals surface area contributed by atoms with Gasteiger partial charge in [-0.05, 0) is 121 Å². The molecule has 3 nitrogen and oxygen atoms in total. The van der Waals surface area contributed by atoms with E-state index in [1.807, 2.05) is 0 Å². The van der Waals surface area contributed by atoms with E-state index in [2.05, 4.69) is 137 Å². The van der Waals surface area contributed by atoms with Crippen molar-refractivity contribution in [3.63, 3.8) is 0 Å². The molecule has 2 aromatic heterocycles. The van der Waals surface area contributed by atoms with Crippen LogP contribution in [0.15, 0.2) is 108 Å². The van der Waals surface area contributed by atoms with Crippen LogP contribution in [0, 0.1) is 0 Å². The highest BCUT2D eigenvalue weighted by molar-refractivity contribution is 6.02. The van der Waals surface area contributed by atoms with Gasteiger partial charge in [-0.2, -0.15) is 0 Å². The van der Waals surface area contributed by atoms with E-state index in [1.54, 1.807) is 0 Å². The summed E-state index contributed by atoms with van der Waals surface area (Å²) >= 11 is 0. The third-order valence-electron chi connectivity index (χ3n) is 9.98. The Morgan fingerprint density at radius 2 is 1.52 bits per heavy atom. The van der Waals surface area contributed by atoms with Gasteiger partial charge in [0.15, 0.2) is 0 Å². The maximum absolute atomic E-state index is 4.93. The van der Waals surface area contributed by atoms with Crippen LogP contribution in [0.5, 0.6) is 0 Å². The van der Waals surface area contributed by atoms with Crippen LogP contribution >= 0.6 is 0 Å². The quantitative estimate of drug-likeness (QED) is 0.225. The lowest BCUT2D eigenvalue weighted by Gasteiger charge is -2.14. The summed E-state index contributed by atoms with van der Waals surface area (Å²) in [5.41, 5.74) is 15.8. The van der Waals surface area contributed by atoms with Crippen molar-refractivity contribution in [3.8, 4) is 5.69 Å². The molecule has 0 saturated heterocycles. The summed E-state index contributed by atoms with van der Waals surface area (Å²) < 4.78 is 4.87. The second-order valence-corrected chi connectivity index (χ2v) is 12.8. The van der Waals surface area contributed by atoms with Crippen LogP contribution in [0.25, 0.3) is 52.0 Å². The zero-order chi connectivity index (χ0) is 30.5. The number of dihydropyridines is 1. The van der Waals surface area contributed by atoms with Gasteiger partial charge in [-0.25, -0.2) is 0 Å². The summed E-state index contributed by atoms with van der Waals surface area (Å²) in [6, 6.07) is 16.3. The Kier molecular flexibility index (Phi) is 6.70. The molecule has 46 heavy (non-hydrogen) atoms. The zero-order valence-electron chi connectivity index (χ0n) is 26.1. The summed E-state index contributed by atoms with van der Waals surface area (Å²) in [5, 5.41) is 1.34. The van der Waals surface area contributed by atoms with Gasteiger partial charge >= 0.3 is 0 Å². The van der Waals surface area contributed by atoms with Gasteiger partial charge in [0.1, 0.15) is 5.84 Å². The molecule has 5 aliphatic rings. The molecule has 0 spiro atoms. The van der Waals surface area contributed by atoms with Crippen molar-refractivity contribution >= 4 is 52.2 Å². The van der Waals surface area contributed by atoms with Gasteiger partial charge in [-0.15, -0.1) is 0 Å². The van der Waals surface area contributed by atoms with Crippen LogP contribution in [0.4, 0.5) is 0 Å². The summed E-state index contributed by atoms with van der Waals surface area (Å²) in [7, 11) is 0. The maximum Gasteiger partial charge on any atom is 0.132 e. The number of aliphatic imine (C=N–C) groups is 1. The molecule has 0 amide bonds. The highest BCUT2D eigenvalue weighted by atomic mass is 15.1. The zero-order valence-corrected chi connectivity index (χ0v) is 26.1. The highest BCUT2D eigenvalue weighted by Crippen LogP contribution is 2.39. The van der Waals surface area contributed by atoms with Crippen molar-refractivity contribution in [1.82, 2.24) is 9.13 Å². The summed E-state index contributed by atoms with van der Waals surface area (Å²) in [6.07, 6.45) is 39.2. The average Bonchev–Trinajstić information content (AvgIpc) is 3.33. The number of benzene rings is 2. The molecule has 0 saturated carbocycles. The Hall–Kier alpha value is -5.15. The molecule has 1 aliphatic heterocycles. The third kappa shape index (κ3) is 4.53. The lowest BCUT2D eigenvalue weighted by Crippen LogP contribution is -2.15. The lowest BCUT2D eigenvalue weighted by molar-refractivity contribution is 0.888. The molecule has 0 fully saturated rings. The first kappa shape index (κ1) is 27.2. The fraction of sp³-hybridized carbons (Fsp3) is 0.186. The molecule has 0 radical (unpaired) electrons. The smallest absolute Gasteiger partial charge is 0.132 e. The Labute approximate surface area is 271 Å². The van der Waals surface area contributed by atoms with Gasteiger partial charge in [0, 0.05) is 34.4 Å². The number of fused-ring (bicyclic) bond motifs is 6. The van der Waals surface area contributed by atoms with Gasteiger partial charge < -0.3 is 4.57 Å². The monoisotopic (exact) mass is 595 g/mol. The average molecular weight is 596 g/mol. The van der Waals surface area contributed by atoms with Crippen LogP contribution in [0.2, 0.25) is 0 Å². The van der Waals surface area contributed by atoms with E-state index < -0.39 is 0 Å². The first-order valence-corrected chi connectivity index (χ1v) is 16.8. The first-order chi connectivity index (χ1) is 22.8. The molecule has 3 heteroatoms. The van der Waals surface area contributed by atoms with Crippen LogP contribution in [-0.4, -0.2) is 21.5 Å². The number of allylic oxidation sites excluding steroid dienone is 11. The molecule has 2 aromatic carbocycles. The van der Waals surface area contributed by atoms with E-state index in [0.29, 0.717) is 0 Å². The Bertz CT molecular complexity index is 2170. The van der Waals surface area contributed by atoms with Crippen LogP contribution in [0.3, 0.4) is 0 Å². The maximum atomic E-state index is 4.93. The number of aromatic nitrogens is 2. The molecule has 224 valence electrons. The van der Waals surface area contributed by atoms with Gasteiger partial charge in [0.2, 0.25) is 0 Å². The van der Waals surface area contributed by atoms with Crippen molar-refractivity contribution in [3.05, 3.63) is 148 Å². The molecule has 4 aliphatic carbocycles. The van der Waals surface area contributed by atoms with E-state index >= 15 is 0 Å². The molecule has 3 heterocycles.